The Morgan fingerprint density at radius 3 is 2.95 bits per heavy atom. The summed E-state index contributed by atoms with van der Waals surface area (Å²) in [7, 11) is 0. The molecule has 1 aliphatic rings. The number of aromatic nitrogens is 2. The molecule has 0 saturated heterocycles. The van der Waals surface area contributed by atoms with Crippen LogP contribution in [0, 0.1) is 5.92 Å². The van der Waals surface area contributed by atoms with E-state index in [4.69, 9.17) is 5.73 Å². The van der Waals surface area contributed by atoms with Gasteiger partial charge in [-0.3, -0.25) is 9.78 Å². The molecule has 0 spiro atoms. The maximum atomic E-state index is 12.3. The lowest BCUT2D eigenvalue weighted by molar-refractivity contribution is 0.0930. The van der Waals surface area contributed by atoms with Crippen LogP contribution in [0.25, 0.3) is 10.9 Å². The van der Waals surface area contributed by atoms with E-state index in [1.54, 1.807) is 12.4 Å². The van der Waals surface area contributed by atoms with Crippen molar-refractivity contribution >= 4 is 16.8 Å². The first-order chi connectivity index (χ1) is 9.29. The van der Waals surface area contributed by atoms with Gasteiger partial charge in [0.2, 0.25) is 0 Å². The van der Waals surface area contributed by atoms with Crippen LogP contribution in [0.1, 0.15) is 23.3 Å². The average Bonchev–Trinajstić information content (AvgIpc) is 3.28. The number of nitrogens with two attached hydrogens (primary N) is 1. The molecule has 0 radical (unpaired) electrons. The number of rotatable bonds is 4. The fourth-order valence-electron chi connectivity index (χ4n) is 2.27. The van der Waals surface area contributed by atoms with Gasteiger partial charge in [-0.1, -0.05) is 6.07 Å². The molecule has 0 bridgehead atoms. The summed E-state index contributed by atoms with van der Waals surface area (Å²) in [6.45, 7) is 0.467. The number of carbonyl (C=O) groups is 1. The molecular formula is C14H16N4O. The molecule has 3 N–H and O–H groups in total. The molecule has 0 aromatic carbocycles. The Kier molecular flexibility index (Phi) is 3.13. The van der Waals surface area contributed by atoms with E-state index < -0.39 is 0 Å². The van der Waals surface area contributed by atoms with Gasteiger partial charge in [0.15, 0.2) is 5.69 Å². The quantitative estimate of drug-likeness (QED) is 0.858. The first-order valence-electron chi connectivity index (χ1n) is 6.50. The molecule has 19 heavy (non-hydrogen) atoms. The first kappa shape index (κ1) is 12.0. The van der Waals surface area contributed by atoms with Gasteiger partial charge in [-0.05, 0) is 30.9 Å². The fourth-order valence-corrected chi connectivity index (χ4v) is 2.27. The number of nitrogens with one attached hydrogen (secondary N) is 1. The maximum Gasteiger partial charge on any atom is 0.272 e. The molecule has 1 amide bonds. The van der Waals surface area contributed by atoms with E-state index in [2.05, 4.69) is 15.3 Å². The van der Waals surface area contributed by atoms with Gasteiger partial charge in [0.05, 0.1) is 0 Å². The second-order valence-electron chi connectivity index (χ2n) is 4.89. The molecule has 0 aliphatic heterocycles. The smallest absolute Gasteiger partial charge is 0.272 e. The molecular weight excluding hydrogens is 240 g/mol. The third kappa shape index (κ3) is 2.42. The standard InChI is InChI=1S/C14H16N4O/c15-8-11(9-3-4-9)18-14(19)13-12-10(5-7-17-13)2-1-6-16-12/h1-2,5-7,9,11H,3-4,8,15H2,(H,18,19). The van der Waals surface area contributed by atoms with Gasteiger partial charge in [0.25, 0.3) is 5.91 Å². The lowest BCUT2D eigenvalue weighted by Gasteiger charge is -2.15. The zero-order valence-corrected chi connectivity index (χ0v) is 10.5. The number of hydrogen-bond donors (Lipinski definition) is 2. The van der Waals surface area contributed by atoms with E-state index in [9.17, 15) is 4.79 Å². The largest absolute Gasteiger partial charge is 0.346 e. The van der Waals surface area contributed by atoms with Gasteiger partial charge in [0.1, 0.15) is 5.52 Å². The van der Waals surface area contributed by atoms with Crippen molar-refractivity contribution in [2.75, 3.05) is 6.54 Å². The highest BCUT2D eigenvalue weighted by molar-refractivity contribution is 6.03. The zero-order valence-electron chi connectivity index (χ0n) is 10.5. The third-order valence-corrected chi connectivity index (χ3v) is 3.50. The topological polar surface area (TPSA) is 80.9 Å². The van der Waals surface area contributed by atoms with Crippen LogP contribution in [-0.2, 0) is 0 Å². The van der Waals surface area contributed by atoms with Crippen molar-refractivity contribution in [3.8, 4) is 0 Å². The van der Waals surface area contributed by atoms with Gasteiger partial charge in [-0.25, -0.2) is 4.98 Å². The summed E-state index contributed by atoms with van der Waals surface area (Å²) in [5, 5.41) is 3.89. The molecule has 1 unspecified atom stereocenters. The maximum absolute atomic E-state index is 12.3. The van der Waals surface area contributed by atoms with E-state index in [1.165, 1.54) is 0 Å². The number of hydrogen-bond acceptors (Lipinski definition) is 4. The Labute approximate surface area is 111 Å². The summed E-state index contributed by atoms with van der Waals surface area (Å²) >= 11 is 0. The predicted octanol–water partition coefficient (Wildman–Crippen LogP) is 1.10. The van der Waals surface area contributed by atoms with Crippen LogP contribution in [-0.4, -0.2) is 28.5 Å². The molecule has 1 aliphatic carbocycles. The number of fused-ring (bicyclic) bond motifs is 1. The van der Waals surface area contributed by atoms with E-state index in [0.717, 1.165) is 18.2 Å². The van der Waals surface area contributed by atoms with Crippen molar-refractivity contribution in [2.45, 2.75) is 18.9 Å². The molecule has 5 heteroatoms. The van der Waals surface area contributed by atoms with Crippen molar-refractivity contribution in [3.63, 3.8) is 0 Å². The Bertz CT molecular complexity index is 604. The van der Waals surface area contributed by atoms with Gasteiger partial charge in [0, 0.05) is 30.4 Å². The zero-order chi connectivity index (χ0) is 13.2. The van der Waals surface area contributed by atoms with Crippen LogP contribution in [0.15, 0.2) is 30.6 Å². The highest BCUT2D eigenvalue weighted by Gasteiger charge is 2.31. The van der Waals surface area contributed by atoms with Gasteiger partial charge in [-0.15, -0.1) is 0 Å². The summed E-state index contributed by atoms with van der Waals surface area (Å²) in [5.41, 5.74) is 6.71. The SMILES string of the molecule is NCC(NC(=O)c1nccc2cccnc12)C1CC1. The average molecular weight is 256 g/mol. The van der Waals surface area contributed by atoms with E-state index >= 15 is 0 Å². The summed E-state index contributed by atoms with van der Waals surface area (Å²) < 4.78 is 0. The fraction of sp³-hybridized carbons (Fsp3) is 0.357. The van der Waals surface area contributed by atoms with E-state index in [0.29, 0.717) is 23.7 Å². The van der Waals surface area contributed by atoms with Crippen LogP contribution < -0.4 is 11.1 Å². The van der Waals surface area contributed by atoms with Crippen LogP contribution >= 0.6 is 0 Å². The molecule has 5 nitrogen and oxygen atoms in total. The minimum Gasteiger partial charge on any atom is -0.346 e. The monoisotopic (exact) mass is 256 g/mol. The number of carbonyl (C=O) groups excluding carboxylic acids is 1. The van der Waals surface area contributed by atoms with Crippen molar-refractivity contribution in [2.24, 2.45) is 11.7 Å². The highest BCUT2D eigenvalue weighted by atomic mass is 16.2. The number of amides is 1. The molecule has 3 rings (SSSR count). The summed E-state index contributed by atoms with van der Waals surface area (Å²) in [6, 6.07) is 5.66. The molecule has 2 aromatic rings. The molecule has 1 fully saturated rings. The molecule has 1 saturated carbocycles. The van der Waals surface area contributed by atoms with Crippen molar-refractivity contribution in [1.82, 2.24) is 15.3 Å². The van der Waals surface area contributed by atoms with Crippen LogP contribution in [0.5, 0.6) is 0 Å². The third-order valence-electron chi connectivity index (χ3n) is 3.50. The normalized spacial score (nSPS) is 16.3. The van der Waals surface area contributed by atoms with Gasteiger partial charge >= 0.3 is 0 Å². The Balaban J connectivity index is 1.88. The Morgan fingerprint density at radius 2 is 2.21 bits per heavy atom. The molecule has 1 atom stereocenters. The Morgan fingerprint density at radius 1 is 1.37 bits per heavy atom. The summed E-state index contributed by atoms with van der Waals surface area (Å²) in [6.07, 6.45) is 5.59. The van der Waals surface area contributed by atoms with Crippen LogP contribution in [0.2, 0.25) is 0 Å². The Hall–Kier alpha value is -2.01. The highest BCUT2D eigenvalue weighted by Crippen LogP contribution is 2.32. The lowest BCUT2D eigenvalue weighted by Crippen LogP contribution is -2.42. The van der Waals surface area contributed by atoms with Gasteiger partial charge < -0.3 is 11.1 Å². The second-order valence-corrected chi connectivity index (χ2v) is 4.89. The number of pyridine rings is 2. The van der Waals surface area contributed by atoms with Gasteiger partial charge in [-0.2, -0.15) is 0 Å². The molecule has 2 heterocycles. The minimum absolute atomic E-state index is 0.0493. The van der Waals surface area contributed by atoms with E-state index in [1.807, 2.05) is 18.2 Å². The first-order valence-corrected chi connectivity index (χ1v) is 6.50. The second kappa shape index (κ2) is 4.93. The molecule has 2 aromatic heterocycles. The predicted molar refractivity (Wildman–Crippen MR) is 72.6 cm³/mol. The number of nitrogens with zero attached hydrogens (tertiary/aromatic N) is 2. The minimum atomic E-state index is -0.188. The van der Waals surface area contributed by atoms with E-state index in [-0.39, 0.29) is 11.9 Å². The van der Waals surface area contributed by atoms with Crippen LogP contribution in [0.3, 0.4) is 0 Å². The van der Waals surface area contributed by atoms with Crippen molar-refractivity contribution in [3.05, 3.63) is 36.3 Å². The van der Waals surface area contributed by atoms with Crippen molar-refractivity contribution < 1.29 is 4.79 Å². The molecule has 98 valence electrons. The lowest BCUT2D eigenvalue weighted by atomic mass is 10.1. The summed E-state index contributed by atoms with van der Waals surface area (Å²) in [4.78, 5) is 20.7. The van der Waals surface area contributed by atoms with Crippen LogP contribution in [0.4, 0.5) is 0 Å². The van der Waals surface area contributed by atoms with Crippen molar-refractivity contribution in [1.29, 1.82) is 0 Å². The summed E-state index contributed by atoms with van der Waals surface area (Å²) in [5.74, 6) is 0.337.